The number of nitrogens with one attached hydrogen (secondary N) is 1. The van der Waals surface area contributed by atoms with Gasteiger partial charge in [0.15, 0.2) is 0 Å². The summed E-state index contributed by atoms with van der Waals surface area (Å²) in [5, 5.41) is 7.07. The largest absolute Gasteiger partial charge is 0.496 e. The highest BCUT2D eigenvalue weighted by atomic mass is 16.5. The molecule has 0 saturated carbocycles. The zero-order valence-electron chi connectivity index (χ0n) is 12.0. The van der Waals surface area contributed by atoms with E-state index < -0.39 is 0 Å². The zero-order valence-corrected chi connectivity index (χ0v) is 12.0. The zero-order chi connectivity index (χ0) is 14.5. The third kappa shape index (κ3) is 3.17. The van der Waals surface area contributed by atoms with Crippen molar-refractivity contribution in [2.75, 3.05) is 13.7 Å². The Balaban J connectivity index is 1.93. The number of carbonyl (C=O) groups is 1. The number of rotatable bonds is 5. The lowest BCUT2D eigenvalue weighted by atomic mass is 10.1. The minimum absolute atomic E-state index is 0.0921. The van der Waals surface area contributed by atoms with E-state index in [-0.39, 0.29) is 5.91 Å². The Bertz CT molecular complexity index is 605. The van der Waals surface area contributed by atoms with Gasteiger partial charge in [-0.2, -0.15) is 5.10 Å². The number of hydrogen-bond acceptors (Lipinski definition) is 3. The molecule has 1 amide bonds. The molecule has 0 fully saturated rings. The van der Waals surface area contributed by atoms with Crippen LogP contribution in [0.1, 0.15) is 21.6 Å². The number of amides is 1. The Morgan fingerprint density at radius 1 is 1.40 bits per heavy atom. The van der Waals surface area contributed by atoms with Crippen molar-refractivity contribution in [3.63, 3.8) is 0 Å². The molecule has 20 heavy (non-hydrogen) atoms. The van der Waals surface area contributed by atoms with E-state index >= 15 is 0 Å². The molecule has 1 N–H and O–H groups in total. The van der Waals surface area contributed by atoms with Crippen LogP contribution in [0.5, 0.6) is 5.75 Å². The van der Waals surface area contributed by atoms with Crippen molar-refractivity contribution in [3.8, 4) is 5.75 Å². The van der Waals surface area contributed by atoms with Gasteiger partial charge in [0, 0.05) is 19.8 Å². The summed E-state index contributed by atoms with van der Waals surface area (Å²) < 4.78 is 6.93. The molecule has 2 rings (SSSR count). The van der Waals surface area contributed by atoms with Crippen molar-refractivity contribution in [2.24, 2.45) is 7.05 Å². The van der Waals surface area contributed by atoms with Gasteiger partial charge in [-0.3, -0.25) is 9.48 Å². The smallest absolute Gasteiger partial charge is 0.254 e. The number of methoxy groups -OCH3 is 1. The van der Waals surface area contributed by atoms with Crippen molar-refractivity contribution in [1.29, 1.82) is 0 Å². The third-order valence-electron chi connectivity index (χ3n) is 3.13. The van der Waals surface area contributed by atoms with E-state index in [1.165, 1.54) is 0 Å². The lowest BCUT2D eigenvalue weighted by molar-refractivity contribution is 0.0953. The number of carbonyl (C=O) groups excluding carboxylic acids is 1. The van der Waals surface area contributed by atoms with Crippen LogP contribution in [0.25, 0.3) is 0 Å². The van der Waals surface area contributed by atoms with Gasteiger partial charge in [-0.1, -0.05) is 18.2 Å². The first-order chi connectivity index (χ1) is 9.61. The maximum atomic E-state index is 12.0. The summed E-state index contributed by atoms with van der Waals surface area (Å²) in [4.78, 5) is 12.0. The second-order valence-electron chi connectivity index (χ2n) is 4.62. The number of nitrogens with zero attached hydrogens (tertiary/aromatic N) is 2. The first-order valence-electron chi connectivity index (χ1n) is 6.52. The van der Waals surface area contributed by atoms with Gasteiger partial charge in [0.05, 0.1) is 18.4 Å². The van der Waals surface area contributed by atoms with Crippen LogP contribution in [-0.4, -0.2) is 29.3 Å². The SMILES string of the molecule is COc1ccccc1CCNC(=O)c1cn(C)nc1C. The molecular formula is C15H19N3O2. The fourth-order valence-corrected chi connectivity index (χ4v) is 2.14. The van der Waals surface area contributed by atoms with E-state index in [4.69, 9.17) is 4.74 Å². The van der Waals surface area contributed by atoms with Gasteiger partial charge >= 0.3 is 0 Å². The van der Waals surface area contributed by atoms with E-state index in [0.29, 0.717) is 12.1 Å². The van der Waals surface area contributed by atoms with Crippen LogP contribution in [0.4, 0.5) is 0 Å². The Morgan fingerprint density at radius 2 is 2.15 bits per heavy atom. The molecule has 5 heteroatoms. The van der Waals surface area contributed by atoms with Crippen LogP contribution in [0.15, 0.2) is 30.5 Å². The van der Waals surface area contributed by atoms with Crippen molar-refractivity contribution in [2.45, 2.75) is 13.3 Å². The molecule has 0 aliphatic rings. The highest BCUT2D eigenvalue weighted by Gasteiger charge is 2.12. The molecule has 0 spiro atoms. The Hall–Kier alpha value is -2.30. The molecule has 1 aromatic carbocycles. The van der Waals surface area contributed by atoms with E-state index in [2.05, 4.69) is 10.4 Å². The second-order valence-corrected chi connectivity index (χ2v) is 4.62. The molecule has 0 saturated heterocycles. The molecular weight excluding hydrogens is 254 g/mol. The number of benzene rings is 1. The Morgan fingerprint density at radius 3 is 2.80 bits per heavy atom. The van der Waals surface area contributed by atoms with Crippen molar-refractivity contribution >= 4 is 5.91 Å². The predicted octanol–water partition coefficient (Wildman–Crippen LogP) is 1.71. The fraction of sp³-hybridized carbons (Fsp3) is 0.333. The third-order valence-corrected chi connectivity index (χ3v) is 3.13. The van der Waals surface area contributed by atoms with Gasteiger partial charge in [-0.25, -0.2) is 0 Å². The van der Waals surface area contributed by atoms with Gasteiger partial charge < -0.3 is 10.1 Å². The molecule has 106 valence electrons. The summed E-state index contributed by atoms with van der Waals surface area (Å²) in [6, 6.07) is 7.81. The van der Waals surface area contributed by atoms with Crippen LogP contribution in [0.2, 0.25) is 0 Å². The molecule has 0 aliphatic carbocycles. The maximum absolute atomic E-state index is 12.0. The van der Waals surface area contributed by atoms with Crippen LogP contribution in [0.3, 0.4) is 0 Å². The summed E-state index contributed by atoms with van der Waals surface area (Å²) in [5.74, 6) is 0.754. The Labute approximate surface area is 118 Å². The standard InChI is InChI=1S/C15H19N3O2/c1-11-13(10-18(2)17-11)15(19)16-9-8-12-6-4-5-7-14(12)20-3/h4-7,10H,8-9H2,1-3H3,(H,16,19). The van der Waals surface area contributed by atoms with Crippen LogP contribution >= 0.6 is 0 Å². The molecule has 0 bridgehead atoms. The van der Waals surface area contributed by atoms with Crippen molar-refractivity contribution in [1.82, 2.24) is 15.1 Å². The summed E-state index contributed by atoms with van der Waals surface area (Å²) >= 11 is 0. The molecule has 0 aliphatic heterocycles. The lowest BCUT2D eigenvalue weighted by Gasteiger charge is -2.08. The van der Waals surface area contributed by atoms with Crippen molar-refractivity contribution in [3.05, 3.63) is 47.3 Å². The van der Waals surface area contributed by atoms with Gasteiger partial charge in [-0.15, -0.1) is 0 Å². The average Bonchev–Trinajstić information content (AvgIpc) is 2.78. The highest BCUT2D eigenvalue weighted by Crippen LogP contribution is 2.17. The number of para-hydroxylation sites is 1. The second kappa shape index (κ2) is 6.23. The fourth-order valence-electron chi connectivity index (χ4n) is 2.14. The van der Waals surface area contributed by atoms with Gasteiger partial charge in [0.1, 0.15) is 5.75 Å². The monoisotopic (exact) mass is 273 g/mol. The highest BCUT2D eigenvalue weighted by molar-refractivity contribution is 5.94. The summed E-state index contributed by atoms with van der Waals surface area (Å²) in [7, 11) is 3.45. The first kappa shape index (κ1) is 14.1. The molecule has 2 aromatic rings. The van der Waals surface area contributed by atoms with Crippen LogP contribution < -0.4 is 10.1 Å². The number of hydrogen-bond donors (Lipinski definition) is 1. The van der Waals surface area contributed by atoms with E-state index in [1.54, 1.807) is 25.0 Å². The van der Waals surface area contributed by atoms with E-state index in [9.17, 15) is 4.79 Å². The van der Waals surface area contributed by atoms with Gasteiger partial charge in [0.2, 0.25) is 0 Å². The number of aromatic nitrogens is 2. The lowest BCUT2D eigenvalue weighted by Crippen LogP contribution is -2.26. The van der Waals surface area contributed by atoms with Crippen molar-refractivity contribution < 1.29 is 9.53 Å². The minimum atomic E-state index is -0.0921. The molecule has 1 heterocycles. The van der Waals surface area contributed by atoms with Gasteiger partial charge in [0.25, 0.3) is 5.91 Å². The minimum Gasteiger partial charge on any atom is -0.496 e. The Kier molecular flexibility index (Phi) is 4.40. The molecule has 0 unspecified atom stereocenters. The predicted molar refractivity (Wildman–Crippen MR) is 77.0 cm³/mol. The van der Waals surface area contributed by atoms with Crippen LogP contribution in [0, 0.1) is 6.92 Å². The van der Waals surface area contributed by atoms with E-state index in [1.807, 2.05) is 31.2 Å². The van der Waals surface area contributed by atoms with E-state index in [0.717, 1.165) is 23.4 Å². The molecule has 0 atom stereocenters. The van der Waals surface area contributed by atoms with Crippen LogP contribution in [-0.2, 0) is 13.5 Å². The topological polar surface area (TPSA) is 56.1 Å². The average molecular weight is 273 g/mol. The number of ether oxygens (including phenoxy) is 1. The summed E-state index contributed by atoms with van der Waals surface area (Å²) in [5.41, 5.74) is 2.44. The quantitative estimate of drug-likeness (QED) is 0.902. The first-order valence-corrected chi connectivity index (χ1v) is 6.52. The number of aryl methyl sites for hydroxylation is 2. The molecule has 0 radical (unpaired) electrons. The summed E-state index contributed by atoms with van der Waals surface area (Å²) in [6.45, 7) is 2.39. The van der Waals surface area contributed by atoms with Gasteiger partial charge in [-0.05, 0) is 25.0 Å². The molecule has 1 aromatic heterocycles. The maximum Gasteiger partial charge on any atom is 0.254 e. The summed E-state index contributed by atoms with van der Waals surface area (Å²) in [6.07, 6.45) is 2.46. The normalized spacial score (nSPS) is 10.3. The molecule has 5 nitrogen and oxygen atoms in total.